The van der Waals surface area contributed by atoms with Gasteiger partial charge in [0.2, 0.25) is 0 Å². The van der Waals surface area contributed by atoms with Crippen LogP contribution in [-0.4, -0.2) is 0 Å². The minimum absolute atomic E-state index is 0.170. The zero-order valence-corrected chi connectivity index (χ0v) is 20.9. The third-order valence-corrected chi connectivity index (χ3v) is 7.60. The average molecular weight is 507 g/mol. The molecule has 39 heavy (non-hydrogen) atoms. The summed E-state index contributed by atoms with van der Waals surface area (Å²) in [6.07, 6.45) is 0.373. The van der Waals surface area contributed by atoms with Crippen molar-refractivity contribution in [3.05, 3.63) is 156 Å². The summed E-state index contributed by atoms with van der Waals surface area (Å²) in [5.41, 5.74) is 4.01. The van der Waals surface area contributed by atoms with E-state index in [1.54, 1.807) is 0 Å². The normalized spacial score (nSPS) is 14.7. The molecule has 1 heteroatoms. The first-order valence-electron chi connectivity index (χ1n) is 17.0. The Labute approximate surface area is 238 Å². The van der Waals surface area contributed by atoms with Crippen molar-refractivity contribution in [2.24, 2.45) is 0 Å². The summed E-state index contributed by atoms with van der Waals surface area (Å²) in [7, 11) is 0. The Morgan fingerprint density at radius 2 is 1.00 bits per heavy atom. The predicted molar refractivity (Wildman–Crippen MR) is 165 cm³/mol. The molecule has 0 fully saturated rings. The Kier molecular flexibility index (Phi) is 3.52. The molecule has 1 heterocycles. The first-order valence-corrected chi connectivity index (χ1v) is 13.0. The molecule has 7 aromatic carbocycles. The number of hydrogen-bond acceptors (Lipinski definition) is 1. The van der Waals surface area contributed by atoms with Gasteiger partial charge in [-0.15, -0.1) is 0 Å². The predicted octanol–water partition coefficient (Wildman–Crippen LogP) is 10.2. The van der Waals surface area contributed by atoms with Gasteiger partial charge in [0.15, 0.2) is 0 Å². The van der Waals surface area contributed by atoms with Gasteiger partial charge in [0, 0.05) is 10.8 Å². The SMILES string of the molecule is [2H]c1c([2H])c([2H])c2c(Cc3ccc4oc5ccccc5c4c3)c3c([2H])c([2H])c([2H])c([2H])c3c(Cc3ccc4ccccc4c3)c2c1[2H]. The van der Waals surface area contributed by atoms with E-state index in [9.17, 15) is 0 Å². The van der Waals surface area contributed by atoms with Crippen LogP contribution in [-0.2, 0) is 12.8 Å². The molecule has 184 valence electrons. The molecule has 0 atom stereocenters. The van der Waals surface area contributed by atoms with Crippen LogP contribution in [0.25, 0.3) is 54.3 Å². The van der Waals surface area contributed by atoms with Crippen LogP contribution in [0.15, 0.2) is 138 Å². The van der Waals surface area contributed by atoms with Gasteiger partial charge in [0.05, 0.1) is 11.0 Å². The first kappa shape index (κ1) is 15.5. The number of para-hydroxylation sites is 1. The van der Waals surface area contributed by atoms with E-state index in [2.05, 4.69) is 0 Å². The van der Waals surface area contributed by atoms with Gasteiger partial charge < -0.3 is 4.42 Å². The number of benzene rings is 7. The molecule has 1 aromatic heterocycles. The summed E-state index contributed by atoms with van der Waals surface area (Å²) < 4.78 is 77.0. The van der Waals surface area contributed by atoms with Crippen LogP contribution in [0.5, 0.6) is 0 Å². The highest BCUT2D eigenvalue weighted by Crippen LogP contribution is 2.37. The minimum atomic E-state index is -0.392. The Morgan fingerprint density at radius 3 is 1.69 bits per heavy atom. The van der Waals surface area contributed by atoms with E-state index < -0.39 is 12.1 Å². The maximum absolute atomic E-state index is 9.13. The molecule has 1 nitrogen and oxygen atoms in total. The quantitative estimate of drug-likeness (QED) is 0.216. The zero-order valence-electron chi connectivity index (χ0n) is 28.9. The van der Waals surface area contributed by atoms with Crippen molar-refractivity contribution >= 4 is 54.3 Å². The summed E-state index contributed by atoms with van der Waals surface area (Å²) in [5.74, 6) is 0. The van der Waals surface area contributed by atoms with Crippen molar-refractivity contribution in [3.8, 4) is 0 Å². The molecule has 0 spiro atoms. The maximum atomic E-state index is 9.13. The summed E-state index contributed by atoms with van der Waals surface area (Å²) in [6, 6.07) is 24.8. The molecular formula is C38H26O. The zero-order chi connectivity index (χ0) is 32.7. The van der Waals surface area contributed by atoms with Gasteiger partial charge in [0.1, 0.15) is 11.2 Å². The topological polar surface area (TPSA) is 13.1 Å². The molecule has 0 amide bonds. The van der Waals surface area contributed by atoms with Gasteiger partial charge in [-0.2, -0.15) is 0 Å². The molecule has 0 N–H and O–H groups in total. The fourth-order valence-electron chi connectivity index (χ4n) is 5.77. The second-order valence-corrected chi connectivity index (χ2v) is 9.92. The standard InChI is InChI=1S/C38H26O/c1-2-10-28-21-25(17-19-27(28)9-1)22-34-29-11-3-5-13-31(29)35(32-14-6-4-12-30(32)34)23-26-18-20-38-36(24-26)33-15-7-8-16-37(33)39-38/h1-21,24H,22-23H2/i3D,4D,5D,6D,11D,12D,13D,14D. The van der Waals surface area contributed by atoms with Crippen molar-refractivity contribution in [1.82, 2.24) is 0 Å². The summed E-state index contributed by atoms with van der Waals surface area (Å²) >= 11 is 0. The van der Waals surface area contributed by atoms with E-state index in [1.165, 1.54) is 0 Å². The minimum Gasteiger partial charge on any atom is -0.456 e. The fraction of sp³-hybridized carbons (Fsp3) is 0.0526. The highest BCUT2D eigenvalue weighted by atomic mass is 16.3. The lowest BCUT2D eigenvalue weighted by Crippen LogP contribution is -1.98. The Morgan fingerprint density at radius 1 is 0.462 bits per heavy atom. The van der Waals surface area contributed by atoms with Crippen LogP contribution >= 0.6 is 0 Å². The molecule has 0 saturated heterocycles. The number of hydrogen-bond donors (Lipinski definition) is 0. The third kappa shape index (κ3) is 3.70. The van der Waals surface area contributed by atoms with Gasteiger partial charge in [-0.25, -0.2) is 0 Å². The second kappa shape index (κ2) is 8.85. The van der Waals surface area contributed by atoms with Crippen LogP contribution in [0.2, 0.25) is 0 Å². The van der Waals surface area contributed by atoms with E-state index in [4.69, 9.17) is 15.4 Å². The van der Waals surface area contributed by atoms with Crippen molar-refractivity contribution in [3.63, 3.8) is 0 Å². The monoisotopic (exact) mass is 506 g/mol. The molecule has 8 rings (SSSR count). The van der Waals surface area contributed by atoms with Crippen LogP contribution in [0.4, 0.5) is 0 Å². The fourth-order valence-corrected chi connectivity index (χ4v) is 5.77. The van der Waals surface area contributed by atoms with Crippen molar-refractivity contribution in [1.29, 1.82) is 0 Å². The lowest BCUT2D eigenvalue weighted by Gasteiger charge is -2.17. The van der Waals surface area contributed by atoms with Gasteiger partial charge in [-0.3, -0.25) is 0 Å². The third-order valence-electron chi connectivity index (χ3n) is 7.60. The number of rotatable bonds is 4. The van der Waals surface area contributed by atoms with E-state index in [-0.39, 0.29) is 70.6 Å². The average Bonchev–Trinajstić information content (AvgIpc) is 3.46. The first-order chi connectivity index (χ1) is 22.6. The molecule has 0 unspecified atom stereocenters. The van der Waals surface area contributed by atoms with Gasteiger partial charge in [-0.05, 0) is 85.6 Å². The van der Waals surface area contributed by atoms with Gasteiger partial charge >= 0.3 is 0 Å². The van der Waals surface area contributed by atoms with Crippen LogP contribution in [0.1, 0.15) is 33.2 Å². The lowest BCUT2D eigenvalue weighted by molar-refractivity contribution is 0.669. The smallest absolute Gasteiger partial charge is 0.135 e. The molecule has 0 aliphatic carbocycles. The highest BCUT2D eigenvalue weighted by molar-refractivity contribution is 6.07. The largest absolute Gasteiger partial charge is 0.456 e. The molecular weight excluding hydrogens is 472 g/mol. The van der Waals surface area contributed by atoms with Crippen LogP contribution < -0.4 is 0 Å². The molecule has 0 aliphatic rings. The van der Waals surface area contributed by atoms with Crippen molar-refractivity contribution in [2.75, 3.05) is 0 Å². The van der Waals surface area contributed by atoms with Crippen molar-refractivity contribution < 1.29 is 15.4 Å². The van der Waals surface area contributed by atoms with E-state index in [1.807, 2.05) is 84.9 Å². The maximum Gasteiger partial charge on any atom is 0.135 e. The van der Waals surface area contributed by atoms with E-state index in [0.717, 1.165) is 38.3 Å². The molecule has 8 aromatic rings. The number of fused-ring (bicyclic) bond motifs is 6. The summed E-state index contributed by atoms with van der Waals surface area (Å²) in [6.45, 7) is 0. The van der Waals surface area contributed by atoms with Gasteiger partial charge in [0.25, 0.3) is 0 Å². The summed E-state index contributed by atoms with van der Waals surface area (Å²) in [4.78, 5) is 0. The molecule has 0 bridgehead atoms. The van der Waals surface area contributed by atoms with Crippen LogP contribution in [0.3, 0.4) is 0 Å². The van der Waals surface area contributed by atoms with E-state index in [0.29, 0.717) is 16.7 Å². The Hall–Kier alpha value is -4.88. The molecule has 0 radical (unpaired) electrons. The number of furan rings is 1. The second-order valence-electron chi connectivity index (χ2n) is 9.92. The van der Waals surface area contributed by atoms with Crippen molar-refractivity contribution in [2.45, 2.75) is 12.8 Å². The Bertz CT molecular complexity index is 2540. The highest BCUT2D eigenvalue weighted by Gasteiger charge is 2.16. The van der Waals surface area contributed by atoms with Crippen LogP contribution in [0, 0.1) is 0 Å². The van der Waals surface area contributed by atoms with Gasteiger partial charge in [-0.1, -0.05) is 115 Å². The van der Waals surface area contributed by atoms with E-state index >= 15 is 0 Å². The molecule has 0 saturated carbocycles. The lowest BCUT2D eigenvalue weighted by atomic mass is 9.86. The summed E-state index contributed by atoms with van der Waals surface area (Å²) in [5, 5.41) is 4.95. The molecule has 0 aliphatic heterocycles. The Balaban J connectivity index is 1.48.